The molecule has 0 spiro atoms. The van der Waals surface area contributed by atoms with E-state index in [-0.39, 0.29) is 36.0 Å². The second kappa shape index (κ2) is 10.2. The van der Waals surface area contributed by atoms with Crippen molar-refractivity contribution in [3.8, 4) is 0 Å². The average Bonchev–Trinajstić information content (AvgIpc) is 2.94. The number of carbonyl (C=O) groups excluding carboxylic acids is 1. The van der Waals surface area contributed by atoms with Gasteiger partial charge in [-0.1, -0.05) is 24.7 Å². The normalized spacial score (nSPS) is 11.0. The standard InChI is InChI=1S/C14H20N4O6S/c1-3-5-9-8-10(12(25-9)18(22)23)16-13(17-14(21)24-2)15-7-4-6-11(19)20/h8H,3-7H2,1-2H3,(H,19,20)(H2,15,16,17,21). The Morgan fingerprint density at radius 2 is 2.20 bits per heavy atom. The number of hydrogen-bond acceptors (Lipinski definition) is 7. The Labute approximate surface area is 148 Å². The van der Waals surface area contributed by atoms with Crippen molar-refractivity contribution in [2.24, 2.45) is 4.99 Å². The van der Waals surface area contributed by atoms with E-state index in [1.165, 1.54) is 7.11 Å². The number of nitrogens with one attached hydrogen (secondary N) is 2. The lowest BCUT2D eigenvalue weighted by molar-refractivity contribution is -0.379. The SMILES string of the molecule is CCCc1cc(NC(=NCCCC(=O)O)NC(=O)OC)c([N+](=O)[O-])s1. The summed E-state index contributed by atoms with van der Waals surface area (Å²) in [4.78, 5) is 37.5. The van der Waals surface area contributed by atoms with E-state index in [9.17, 15) is 19.7 Å². The molecule has 0 unspecified atom stereocenters. The van der Waals surface area contributed by atoms with E-state index < -0.39 is 17.0 Å². The van der Waals surface area contributed by atoms with Crippen LogP contribution >= 0.6 is 11.3 Å². The number of carboxylic acid groups (broad SMARTS) is 1. The lowest BCUT2D eigenvalue weighted by Gasteiger charge is -2.09. The van der Waals surface area contributed by atoms with Gasteiger partial charge in [0, 0.05) is 17.8 Å². The molecule has 3 N–H and O–H groups in total. The number of rotatable bonds is 8. The van der Waals surface area contributed by atoms with Crippen molar-refractivity contribution >= 4 is 40.0 Å². The molecule has 10 nitrogen and oxygen atoms in total. The van der Waals surface area contributed by atoms with Gasteiger partial charge in [-0.15, -0.1) is 0 Å². The van der Waals surface area contributed by atoms with Gasteiger partial charge in [0.1, 0.15) is 5.69 Å². The number of methoxy groups -OCH3 is 1. The Hall–Kier alpha value is -2.69. The molecule has 0 bridgehead atoms. The van der Waals surface area contributed by atoms with Crippen LogP contribution in [0.5, 0.6) is 0 Å². The number of nitro groups is 1. The van der Waals surface area contributed by atoms with Crippen molar-refractivity contribution in [2.75, 3.05) is 19.0 Å². The van der Waals surface area contributed by atoms with Crippen molar-refractivity contribution in [2.45, 2.75) is 32.6 Å². The molecule has 1 aromatic rings. The van der Waals surface area contributed by atoms with E-state index in [0.29, 0.717) is 6.42 Å². The Morgan fingerprint density at radius 1 is 1.48 bits per heavy atom. The van der Waals surface area contributed by atoms with Crippen LogP contribution in [0.3, 0.4) is 0 Å². The molecule has 1 amide bonds. The minimum atomic E-state index is -0.955. The molecule has 0 aliphatic rings. The lowest BCUT2D eigenvalue weighted by Crippen LogP contribution is -2.36. The largest absolute Gasteiger partial charge is 0.481 e. The van der Waals surface area contributed by atoms with E-state index in [0.717, 1.165) is 22.6 Å². The summed E-state index contributed by atoms with van der Waals surface area (Å²) in [6, 6.07) is 1.64. The monoisotopic (exact) mass is 372 g/mol. The van der Waals surface area contributed by atoms with Gasteiger partial charge in [0.15, 0.2) is 0 Å². The highest BCUT2D eigenvalue weighted by molar-refractivity contribution is 7.16. The number of aryl methyl sites for hydroxylation is 1. The fourth-order valence-corrected chi connectivity index (χ4v) is 2.86. The molecule has 11 heteroatoms. The number of anilines is 1. The van der Waals surface area contributed by atoms with Gasteiger partial charge >= 0.3 is 17.1 Å². The van der Waals surface area contributed by atoms with Crippen LogP contribution in [0.15, 0.2) is 11.1 Å². The van der Waals surface area contributed by atoms with Crippen LogP contribution in [-0.2, 0) is 16.0 Å². The number of hydrogen-bond donors (Lipinski definition) is 3. The number of carbonyl (C=O) groups is 2. The zero-order valence-corrected chi connectivity index (χ0v) is 14.7. The van der Waals surface area contributed by atoms with Crippen LogP contribution in [0.4, 0.5) is 15.5 Å². The van der Waals surface area contributed by atoms with Crippen LogP contribution in [0.2, 0.25) is 0 Å². The summed E-state index contributed by atoms with van der Waals surface area (Å²) in [6.07, 6.45) is 0.928. The molecule has 1 aromatic heterocycles. The average molecular weight is 372 g/mol. The third kappa shape index (κ3) is 7.16. The predicted molar refractivity (Wildman–Crippen MR) is 93.3 cm³/mol. The van der Waals surface area contributed by atoms with Crippen LogP contribution < -0.4 is 10.6 Å². The molecule has 1 rings (SSSR count). The molecular weight excluding hydrogens is 352 g/mol. The van der Waals surface area contributed by atoms with Crippen LogP contribution in [0.1, 0.15) is 31.1 Å². The highest BCUT2D eigenvalue weighted by atomic mass is 32.1. The topological polar surface area (TPSA) is 143 Å². The number of ether oxygens (including phenoxy) is 1. The Balaban J connectivity index is 2.95. The van der Waals surface area contributed by atoms with Gasteiger partial charge in [-0.3, -0.25) is 25.2 Å². The summed E-state index contributed by atoms with van der Waals surface area (Å²) in [5.41, 5.74) is 0.215. The minimum absolute atomic E-state index is 0.0406. The van der Waals surface area contributed by atoms with Gasteiger partial charge in [0.25, 0.3) is 0 Å². The summed E-state index contributed by atoms with van der Waals surface area (Å²) in [5.74, 6) is -0.996. The molecule has 0 aliphatic heterocycles. The number of carboxylic acids is 1. The fraction of sp³-hybridized carbons (Fsp3) is 0.500. The Kier molecular flexibility index (Phi) is 8.33. The molecule has 25 heavy (non-hydrogen) atoms. The predicted octanol–water partition coefficient (Wildman–Crippen LogP) is 2.60. The molecule has 0 aromatic carbocycles. The first-order valence-electron chi connectivity index (χ1n) is 7.52. The van der Waals surface area contributed by atoms with Gasteiger partial charge in [0.05, 0.1) is 12.0 Å². The third-order valence-corrected chi connectivity index (χ3v) is 4.05. The zero-order chi connectivity index (χ0) is 18.8. The van der Waals surface area contributed by atoms with Gasteiger partial charge in [-0.25, -0.2) is 4.79 Å². The summed E-state index contributed by atoms with van der Waals surface area (Å²) >= 11 is 1.05. The molecule has 0 saturated heterocycles. The first kappa shape index (κ1) is 20.4. The first-order valence-corrected chi connectivity index (χ1v) is 8.34. The Bertz CT molecular complexity index is 658. The number of alkyl carbamates (subject to hydrolysis) is 1. The van der Waals surface area contributed by atoms with E-state index in [4.69, 9.17) is 5.11 Å². The maximum Gasteiger partial charge on any atom is 0.413 e. The van der Waals surface area contributed by atoms with Crippen LogP contribution in [0.25, 0.3) is 0 Å². The number of guanidine groups is 1. The number of thiophene rings is 1. The van der Waals surface area contributed by atoms with Crippen LogP contribution in [0, 0.1) is 10.1 Å². The van der Waals surface area contributed by atoms with Crippen molar-refractivity contribution in [1.29, 1.82) is 0 Å². The van der Waals surface area contributed by atoms with E-state index >= 15 is 0 Å². The van der Waals surface area contributed by atoms with E-state index in [2.05, 4.69) is 20.4 Å². The van der Waals surface area contributed by atoms with E-state index in [1.54, 1.807) is 6.07 Å². The van der Waals surface area contributed by atoms with Crippen molar-refractivity contribution < 1.29 is 24.4 Å². The van der Waals surface area contributed by atoms with Crippen molar-refractivity contribution in [3.05, 3.63) is 21.1 Å². The molecule has 1 heterocycles. The second-order valence-electron chi connectivity index (χ2n) is 4.91. The van der Waals surface area contributed by atoms with Crippen molar-refractivity contribution in [3.63, 3.8) is 0 Å². The number of nitrogens with zero attached hydrogens (tertiary/aromatic N) is 2. The second-order valence-corrected chi connectivity index (χ2v) is 6.02. The molecular formula is C14H20N4O6S. The molecule has 0 fully saturated rings. The molecule has 0 aliphatic carbocycles. The summed E-state index contributed by atoms with van der Waals surface area (Å²) in [7, 11) is 1.17. The zero-order valence-electron chi connectivity index (χ0n) is 13.9. The maximum absolute atomic E-state index is 11.4. The van der Waals surface area contributed by atoms with Crippen molar-refractivity contribution in [1.82, 2.24) is 5.32 Å². The van der Waals surface area contributed by atoms with Gasteiger partial charge < -0.3 is 15.2 Å². The summed E-state index contributed by atoms with van der Waals surface area (Å²) < 4.78 is 4.49. The fourth-order valence-electron chi connectivity index (χ4n) is 1.83. The Morgan fingerprint density at radius 3 is 2.76 bits per heavy atom. The third-order valence-electron chi connectivity index (χ3n) is 2.90. The first-order chi connectivity index (χ1) is 11.9. The smallest absolute Gasteiger partial charge is 0.413 e. The lowest BCUT2D eigenvalue weighted by atomic mass is 10.3. The van der Waals surface area contributed by atoms with Gasteiger partial charge in [0.2, 0.25) is 5.96 Å². The quantitative estimate of drug-likeness (QED) is 0.209. The molecule has 0 atom stereocenters. The van der Waals surface area contributed by atoms with Gasteiger partial charge in [-0.2, -0.15) is 0 Å². The number of amides is 1. The molecule has 0 radical (unpaired) electrons. The maximum atomic E-state index is 11.4. The number of aliphatic carboxylic acids is 1. The number of aliphatic imine (C=N–C) groups is 1. The molecule has 138 valence electrons. The highest BCUT2D eigenvalue weighted by Gasteiger charge is 2.21. The van der Waals surface area contributed by atoms with Crippen LogP contribution in [-0.4, -0.2) is 41.7 Å². The molecule has 0 saturated carbocycles. The van der Waals surface area contributed by atoms with E-state index in [1.807, 2.05) is 6.92 Å². The van der Waals surface area contributed by atoms with Gasteiger partial charge in [-0.05, 0) is 18.9 Å². The summed E-state index contributed by atoms with van der Waals surface area (Å²) in [6.45, 7) is 2.09. The highest BCUT2D eigenvalue weighted by Crippen LogP contribution is 2.35. The summed E-state index contributed by atoms with van der Waals surface area (Å²) in [5, 5.41) is 24.8. The minimum Gasteiger partial charge on any atom is -0.481 e.